The summed E-state index contributed by atoms with van der Waals surface area (Å²) < 4.78 is 13.7. The van der Waals surface area contributed by atoms with Crippen LogP contribution in [0, 0.1) is 58.2 Å². The van der Waals surface area contributed by atoms with Gasteiger partial charge in [-0.3, -0.25) is 0 Å². The van der Waals surface area contributed by atoms with Gasteiger partial charge in [0.1, 0.15) is 0 Å². The third-order valence-electron chi connectivity index (χ3n) is 12.0. The molecule has 0 unspecified atom stereocenters. The second-order valence-corrected chi connectivity index (χ2v) is 25.5. The largest absolute Gasteiger partial charge is 0.418 e. The van der Waals surface area contributed by atoms with Crippen molar-refractivity contribution in [1.29, 1.82) is 0 Å². The summed E-state index contributed by atoms with van der Waals surface area (Å²) in [6.07, 6.45) is 13.2. The van der Waals surface area contributed by atoms with E-state index >= 15 is 0 Å². The van der Waals surface area contributed by atoms with Crippen molar-refractivity contribution in [3.63, 3.8) is 0 Å². The van der Waals surface area contributed by atoms with Gasteiger partial charge in [0, 0.05) is 6.61 Å². The first kappa shape index (κ1) is 29.3. The first-order chi connectivity index (χ1) is 16.6. The third kappa shape index (κ3) is 5.50. The summed E-state index contributed by atoms with van der Waals surface area (Å²) in [4.78, 5) is 0. The second kappa shape index (κ2) is 10.4. The van der Waals surface area contributed by atoms with Crippen LogP contribution < -0.4 is 0 Å². The van der Waals surface area contributed by atoms with Crippen LogP contribution in [0.25, 0.3) is 0 Å². The number of hydrogen-bond donors (Lipinski definition) is 0. The summed E-state index contributed by atoms with van der Waals surface area (Å²) in [6, 6.07) is 0. The Balaban J connectivity index is 1.64. The smallest absolute Gasteiger partial charge is 0.184 e. The molecule has 0 heterocycles. The molecule has 0 N–H and O–H groups in total. The Morgan fingerprint density at radius 3 is 2.08 bits per heavy atom. The van der Waals surface area contributed by atoms with E-state index in [9.17, 15) is 0 Å². The van der Waals surface area contributed by atoms with Crippen LogP contribution in [-0.4, -0.2) is 29.3 Å². The standard InChI is InChI=1S/C32H62O2Si2/c1-12-24-28-21-22(2)15-18-32(28,5)27-16-19-31(4)25(23(3)17-20-33-35(6,7)8)13-14-26(31)29(27)30(24)34-36(9,10)11/h22-30H,12-21H2,1-11H3/t22-,23-,24-,25-,26+,27+,28+,29+,30-,31-,32-/m1/s1. The molecular weight excluding hydrogens is 473 g/mol. The minimum atomic E-state index is -1.63. The summed E-state index contributed by atoms with van der Waals surface area (Å²) in [5, 5.41) is 0. The monoisotopic (exact) mass is 534 g/mol. The Morgan fingerprint density at radius 2 is 1.47 bits per heavy atom. The Hall–Kier alpha value is 0.354. The predicted molar refractivity (Wildman–Crippen MR) is 160 cm³/mol. The highest BCUT2D eigenvalue weighted by Crippen LogP contribution is 2.70. The van der Waals surface area contributed by atoms with Gasteiger partial charge >= 0.3 is 0 Å². The van der Waals surface area contributed by atoms with Crippen LogP contribution in [0.15, 0.2) is 0 Å². The highest BCUT2D eigenvalue weighted by Gasteiger charge is 2.65. The molecule has 0 bridgehead atoms. The molecule has 36 heavy (non-hydrogen) atoms. The van der Waals surface area contributed by atoms with E-state index in [1.165, 1.54) is 57.8 Å². The molecule has 0 aromatic rings. The van der Waals surface area contributed by atoms with Gasteiger partial charge in [0.05, 0.1) is 6.10 Å². The Kier molecular flexibility index (Phi) is 8.47. The molecular formula is C32H62O2Si2. The summed E-state index contributed by atoms with van der Waals surface area (Å²) in [6.45, 7) is 28.4. The second-order valence-electron chi connectivity index (χ2n) is 16.5. The van der Waals surface area contributed by atoms with Crippen molar-refractivity contribution >= 4 is 16.6 Å². The highest BCUT2D eigenvalue weighted by atomic mass is 28.4. The molecule has 4 rings (SSSR count). The summed E-state index contributed by atoms with van der Waals surface area (Å²) >= 11 is 0. The lowest BCUT2D eigenvalue weighted by molar-refractivity contribution is -0.193. The van der Waals surface area contributed by atoms with E-state index < -0.39 is 16.6 Å². The Labute approximate surface area is 227 Å². The highest BCUT2D eigenvalue weighted by molar-refractivity contribution is 6.70. The van der Waals surface area contributed by atoms with Gasteiger partial charge < -0.3 is 8.85 Å². The maximum absolute atomic E-state index is 7.36. The van der Waals surface area contributed by atoms with Crippen molar-refractivity contribution < 1.29 is 8.85 Å². The Morgan fingerprint density at radius 1 is 0.833 bits per heavy atom. The molecule has 4 aliphatic rings. The normalized spacial score (nSPS) is 46.1. The fourth-order valence-corrected chi connectivity index (χ4v) is 12.3. The fraction of sp³-hybridized carbons (Fsp3) is 1.00. The van der Waals surface area contributed by atoms with E-state index in [-0.39, 0.29) is 0 Å². The zero-order valence-electron chi connectivity index (χ0n) is 26.1. The molecule has 4 fully saturated rings. The maximum Gasteiger partial charge on any atom is 0.184 e. The topological polar surface area (TPSA) is 18.5 Å². The number of fused-ring (bicyclic) bond motifs is 5. The van der Waals surface area contributed by atoms with Crippen molar-refractivity contribution in [2.75, 3.05) is 6.61 Å². The van der Waals surface area contributed by atoms with E-state index in [4.69, 9.17) is 8.85 Å². The average molecular weight is 535 g/mol. The number of rotatable bonds is 8. The maximum atomic E-state index is 7.36. The van der Waals surface area contributed by atoms with E-state index in [1.54, 1.807) is 0 Å². The molecule has 0 aliphatic heterocycles. The van der Waals surface area contributed by atoms with Crippen LogP contribution >= 0.6 is 0 Å². The van der Waals surface area contributed by atoms with Gasteiger partial charge in [-0.1, -0.05) is 47.5 Å². The lowest BCUT2D eigenvalue weighted by atomic mass is 9.41. The molecule has 0 aromatic carbocycles. The summed E-state index contributed by atoms with van der Waals surface area (Å²) in [5.74, 6) is 6.67. The minimum Gasteiger partial charge on any atom is -0.418 e. The molecule has 0 amide bonds. The molecule has 0 aromatic heterocycles. The van der Waals surface area contributed by atoms with E-state index in [0.29, 0.717) is 16.9 Å². The molecule has 4 saturated carbocycles. The van der Waals surface area contributed by atoms with Crippen molar-refractivity contribution in [3.05, 3.63) is 0 Å². The number of hydrogen-bond acceptors (Lipinski definition) is 2. The van der Waals surface area contributed by atoms with Gasteiger partial charge in [0.15, 0.2) is 16.6 Å². The molecule has 11 atom stereocenters. The van der Waals surface area contributed by atoms with Gasteiger partial charge in [-0.2, -0.15) is 0 Å². The van der Waals surface area contributed by atoms with Crippen LogP contribution in [0.5, 0.6) is 0 Å². The molecule has 0 spiro atoms. The molecule has 0 saturated heterocycles. The van der Waals surface area contributed by atoms with Gasteiger partial charge in [-0.15, -0.1) is 0 Å². The lowest BCUT2D eigenvalue weighted by Gasteiger charge is -2.66. The zero-order valence-corrected chi connectivity index (χ0v) is 28.1. The first-order valence-electron chi connectivity index (χ1n) is 15.9. The van der Waals surface area contributed by atoms with Crippen molar-refractivity contribution in [2.45, 2.75) is 138 Å². The zero-order chi connectivity index (χ0) is 26.7. The van der Waals surface area contributed by atoms with Gasteiger partial charge in [-0.05, 0) is 142 Å². The minimum absolute atomic E-state index is 0.490. The predicted octanol–water partition coefficient (Wildman–Crippen LogP) is 9.63. The van der Waals surface area contributed by atoms with Crippen LogP contribution in [0.1, 0.15) is 92.4 Å². The fourth-order valence-electron chi connectivity index (χ4n) is 10.4. The van der Waals surface area contributed by atoms with E-state index in [1.807, 2.05) is 0 Å². The van der Waals surface area contributed by atoms with Crippen LogP contribution in [0.4, 0.5) is 0 Å². The SMILES string of the molecule is CC[C@H]1[C@@H](O[Si](C)(C)C)[C@@H]2[C@H](CC[C@]3(C)[C@@H]([C@H](C)CCO[Si](C)(C)C)CC[C@@H]23)[C@@]2(C)CC[C@@H](C)C[C@@H]12. The quantitative estimate of drug-likeness (QED) is 0.289. The van der Waals surface area contributed by atoms with Crippen molar-refractivity contribution in [2.24, 2.45) is 58.2 Å². The summed E-state index contributed by atoms with van der Waals surface area (Å²) in [7, 11) is -3.06. The summed E-state index contributed by atoms with van der Waals surface area (Å²) in [5.41, 5.74) is 1.03. The van der Waals surface area contributed by atoms with Gasteiger partial charge in [0.25, 0.3) is 0 Å². The molecule has 0 radical (unpaired) electrons. The average Bonchev–Trinajstić information content (AvgIpc) is 3.10. The van der Waals surface area contributed by atoms with Gasteiger partial charge in [0.2, 0.25) is 0 Å². The van der Waals surface area contributed by atoms with Crippen LogP contribution in [0.3, 0.4) is 0 Å². The first-order valence-corrected chi connectivity index (χ1v) is 22.7. The van der Waals surface area contributed by atoms with E-state index in [2.05, 4.69) is 73.9 Å². The van der Waals surface area contributed by atoms with Crippen LogP contribution in [-0.2, 0) is 8.85 Å². The lowest BCUT2D eigenvalue weighted by Crippen LogP contribution is -2.63. The molecule has 4 aliphatic carbocycles. The van der Waals surface area contributed by atoms with Crippen molar-refractivity contribution in [3.8, 4) is 0 Å². The van der Waals surface area contributed by atoms with Crippen molar-refractivity contribution in [1.82, 2.24) is 0 Å². The molecule has 2 nitrogen and oxygen atoms in total. The van der Waals surface area contributed by atoms with Crippen LogP contribution in [0.2, 0.25) is 39.3 Å². The Bertz CT molecular complexity index is 756. The molecule has 210 valence electrons. The van der Waals surface area contributed by atoms with E-state index in [0.717, 1.165) is 54.0 Å². The van der Waals surface area contributed by atoms with Gasteiger partial charge in [-0.25, -0.2) is 0 Å². The molecule has 4 heteroatoms. The third-order valence-corrected chi connectivity index (χ3v) is 14.1.